The highest BCUT2D eigenvalue weighted by atomic mass is 15.2. The van der Waals surface area contributed by atoms with E-state index < -0.39 is 0 Å². The van der Waals surface area contributed by atoms with Crippen LogP contribution in [-0.2, 0) is 0 Å². The molecule has 1 saturated heterocycles. The van der Waals surface area contributed by atoms with Crippen LogP contribution in [0.5, 0.6) is 0 Å². The minimum Gasteiger partial charge on any atom is -0.320 e. The average Bonchev–Trinajstić information content (AvgIpc) is 2.65. The van der Waals surface area contributed by atoms with Crippen LogP contribution in [-0.4, -0.2) is 62.7 Å². The predicted molar refractivity (Wildman–Crippen MR) is 70.9 cm³/mol. The van der Waals surface area contributed by atoms with Gasteiger partial charge in [-0.25, -0.2) is 0 Å². The number of rotatable bonds is 7. The lowest BCUT2D eigenvalue weighted by Crippen LogP contribution is -2.42. The third-order valence-corrected chi connectivity index (χ3v) is 3.61. The molecule has 0 amide bonds. The van der Waals surface area contributed by atoms with Crippen molar-refractivity contribution in [3.8, 4) is 0 Å². The monoisotopic (exact) mass is 227 g/mol. The first-order valence-electron chi connectivity index (χ1n) is 6.70. The summed E-state index contributed by atoms with van der Waals surface area (Å²) in [5, 5.41) is 3.23. The first kappa shape index (κ1) is 13.9. The number of likely N-dealkylation sites (N-methyl/N-ethyl adjacent to an activating group) is 1. The molecule has 2 unspecified atom stereocenters. The molecule has 0 aliphatic carbocycles. The first-order chi connectivity index (χ1) is 7.65. The molecule has 1 aliphatic rings. The summed E-state index contributed by atoms with van der Waals surface area (Å²) < 4.78 is 0. The summed E-state index contributed by atoms with van der Waals surface area (Å²) in [5.74, 6) is 0. The predicted octanol–water partition coefficient (Wildman–Crippen LogP) is 1.40. The highest BCUT2D eigenvalue weighted by molar-refractivity contribution is 4.84. The third kappa shape index (κ3) is 4.40. The van der Waals surface area contributed by atoms with Gasteiger partial charge in [-0.2, -0.15) is 0 Å². The molecular formula is C13H29N3. The van der Waals surface area contributed by atoms with Gasteiger partial charge < -0.3 is 10.2 Å². The molecule has 3 heteroatoms. The van der Waals surface area contributed by atoms with E-state index in [4.69, 9.17) is 0 Å². The van der Waals surface area contributed by atoms with Crippen molar-refractivity contribution >= 4 is 0 Å². The lowest BCUT2D eigenvalue weighted by Gasteiger charge is -2.32. The second kappa shape index (κ2) is 7.25. The third-order valence-electron chi connectivity index (χ3n) is 3.61. The average molecular weight is 227 g/mol. The molecule has 1 fully saturated rings. The Morgan fingerprint density at radius 3 is 2.81 bits per heavy atom. The molecule has 0 aromatic heterocycles. The summed E-state index contributed by atoms with van der Waals surface area (Å²) in [4.78, 5) is 5.04. The molecule has 0 aromatic carbocycles. The minimum absolute atomic E-state index is 0.751. The molecular weight excluding hydrogens is 198 g/mol. The quantitative estimate of drug-likeness (QED) is 0.663. The van der Waals surface area contributed by atoms with E-state index in [9.17, 15) is 0 Å². The Bertz CT molecular complexity index is 182. The highest BCUT2D eigenvalue weighted by Gasteiger charge is 2.28. The smallest absolute Gasteiger partial charge is 0.0226 e. The van der Waals surface area contributed by atoms with Crippen LogP contribution in [0.2, 0.25) is 0 Å². The number of likely N-dealkylation sites (tertiary alicyclic amines) is 1. The summed E-state index contributed by atoms with van der Waals surface area (Å²) in [6.45, 7) is 6.07. The Hall–Kier alpha value is -0.120. The van der Waals surface area contributed by atoms with Crippen LogP contribution in [0.3, 0.4) is 0 Å². The van der Waals surface area contributed by atoms with Crippen molar-refractivity contribution in [1.82, 2.24) is 15.1 Å². The van der Waals surface area contributed by atoms with E-state index in [1.54, 1.807) is 0 Å². The molecule has 2 atom stereocenters. The number of hydrogen-bond acceptors (Lipinski definition) is 3. The zero-order valence-corrected chi connectivity index (χ0v) is 11.5. The zero-order valence-electron chi connectivity index (χ0n) is 11.5. The largest absolute Gasteiger partial charge is 0.320 e. The summed E-state index contributed by atoms with van der Waals surface area (Å²) in [7, 11) is 6.40. The van der Waals surface area contributed by atoms with Gasteiger partial charge in [0.15, 0.2) is 0 Å². The molecule has 1 rings (SSSR count). The number of nitrogens with zero attached hydrogens (tertiary/aromatic N) is 2. The molecule has 1 aliphatic heterocycles. The molecule has 96 valence electrons. The van der Waals surface area contributed by atoms with E-state index in [0.29, 0.717) is 0 Å². The van der Waals surface area contributed by atoms with Gasteiger partial charge in [-0.05, 0) is 66.8 Å². The van der Waals surface area contributed by atoms with Gasteiger partial charge in [-0.3, -0.25) is 4.90 Å². The number of hydrogen-bond donors (Lipinski definition) is 1. The molecule has 3 nitrogen and oxygen atoms in total. The fraction of sp³-hybridized carbons (Fsp3) is 1.00. The van der Waals surface area contributed by atoms with E-state index in [-0.39, 0.29) is 0 Å². The second-order valence-corrected chi connectivity index (χ2v) is 5.39. The van der Waals surface area contributed by atoms with Crippen LogP contribution in [0.25, 0.3) is 0 Å². The van der Waals surface area contributed by atoms with Gasteiger partial charge >= 0.3 is 0 Å². The lowest BCUT2D eigenvalue weighted by atomic mass is 10.1. The SMILES string of the molecule is CNCCCC(C)N1CCCC1CN(C)C. The molecule has 0 bridgehead atoms. The topological polar surface area (TPSA) is 18.5 Å². The molecule has 0 radical (unpaired) electrons. The first-order valence-corrected chi connectivity index (χ1v) is 6.70. The molecule has 1 N–H and O–H groups in total. The molecule has 1 heterocycles. The van der Waals surface area contributed by atoms with Crippen molar-refractivity contribution in [3.05, 3.63) is 0 Å². The highest BCUT2D eigenvalue weighted by Crippen LogP contribution is 2.22. The van der Waals surface area contributed by atoms with Crippen molar-refractivity contribution in [3.63, 3.8) is 0 Å². The minimum atomic E-state index is 0.751. The summed E-state index contributed by atoms with van der Waals surface area (Å²) in [6.07, 6.45) is 5.39. The Labute approximate surface area is 101 Å². The van der Waals surface area contributed by atoms with Crippen molar-refractivity contribution in [2.75, 3.05) is 40.8 Å². The van der Waals surface area contributed by atoms with Crippen molar-refractivity contribution in [1.29, 1.82) is 0 Å². The van der Waals surface area contributed by atoms with Crippen LogP contribution in [0, 0.1) is 0 Å². The van der Waals surface area contributed by atoms with Gasteiger partial charge in [0.2, 0.25) is 0 Å². The van der Waals surface area contributed by atoms with Crippen molar-refractivity contribution < 1.29 is 0 Å². The molecule has 0 aromatic rings. The van der Waals surface area contributed by atoms with Gasteiger partial charge in [-0.15, -0.1) is 0 Å². The maximum absolute atomic E-state index is 3.23. The summed E-state index contributed by atoms with van der Waals surface area (Å²) >= 11 is 0. The van der Waals surface area contributed by atoms with Crippen molar-refractivity contribution in [2.45, 2.75) is 44.7 Å². The fourth-order valence-electron chi connectivity index (χ4n) is 2.80. The van der Waals surface area contributed by atoms with Crippen LogP contribution >= 0.6 is 0 Å². The lowest BCUT2D eigenvalue weighted by molar-refractivity contribution is 0.154. The van der Waals surface area contributed by atoms with Gasteiger partial charge in [-0.1, -0.05) is 0 Å². The van der Waals surface area contributed by atoms with E-state index in [0.717, 1.165) is 18.6 Å². The van der Waals surface area contributed by atoms with Crippen LogP contribution in [0.4, 0.5) is 0 Å². The van der Waals surface area contributed by atoms with E-state index in [1.165, 1.54) is 38.8 Å². The summed E-state index contributed by atoms with van der Waals surface area (Å²) in [5.41, 5.74) is 0. The maximum Gasteiger partial charge on any atom is 0.0226 e. The molecule has 16 heavy (non-hydrogen) atoms. The Balaban J connectivity index is 2.32. The maximum atomic E-state index is 3.23. The van der Waals surface area contributed by atoms with Gasteiger partial charge in [0.05, 0.1) is 0 Å². The van der Waals surface area contributed by atoms with E-state index in [2.05, 4.69) is 36.1 Å². The molecule has 0 spiro atoms. The van der Waals surface area contributed by atoms with Crippen LogP contribution < -0.4 is 5.32 Å². The Morgan fingerprint density at radius 2 is 2.19 bits per heavy atom. The molecule has 0 saturated carbocycles. The van der Waals surface area contributed by atoms with Crippen LogP contribution in [0.1, 0.15) is 32.6 Å². The zero-order chi connectivity index (χ0) is 12.0. The Morgan fingerprint density at radius 1 is 1.44 bits per heavy atom. The van der Waals surface area contributed by atoms with Gasteiger partial charge in [0.25, 0.3) is 0 Å². The second-order valence-electron chi connectivity index (χ2n) is 5.39. The van der Waals surface area contributed by atoms with E-state index in [1.807, 2.05) is 7.05 Å². The normalized spacial score (nSPS) is 24.2. The van der Waals surface area contributed by atoms with E-state index >= 15 is 0 Å². The van der Waals surface area contributed by atoms with Crippen molar-refractivity contribution in [2.24, 2.45) is 0 Å². The fourth-order valence-corrected chi connectivity index (χ4v) is 2.80. The van der Waals surface area contributed by atoms with Gasteiger partial charge in [0, 0.05) is 18.6 Å². The Kier molecular flexibility index (Phi) is 6.32. The standard InChI is InChI=1S/C13H29N3/c1-12(7-5-9-14-2)16-10-6-8-13(16)11-15(3)4/h12-14H,5-11H2,1-4H3. The van der Waals surface area contributed by atoms with Gasteiger partial charge in [0.1, 0.15) is 0 Å². The number of nitrogens with one attached hydrogen (secondary N) is 1. The summed E-state index contributed by atoms with van der Waals surface area (Å²) in [6, 6.07) is 1.54. The van der Waals surface area contributed by atoms with Crippen LogP contribution in [0.15, 0.2) is 0 Å².